The van der Waals surface area contributed by atoms with Gasteiger partial charge in [0, 0.05) is 6.54 Å². The lowest BCUT2D eigenvalue weighted by Gasteiger charge is -2.09. The molecule has 3 rings (SSSR count). The van der Waals surface area contributed by atoms with Gasteiger partial charge in [-0.25, -0.2) is 4.98 Å². The van der Waals surface area contributed by atoms with E-state index in [-0.39, 0.29) is 5.91 Å². The molecule has 2 N–H and O–H groups in total. The van der Waals surface area contributed by atoms with E-state index in [2.05, 4.69) is 15.6 Å². The monoisotopic (exact) mass is 361 g/mol. The maximum atomic E-state index is 12.2. The van der Waals surface area contributed by atoms with Crippen LogP contribution in [0.4, 0.5) is 11.5 Å². The number of aryl methyl sites for hydroxylation is 1. The van der Waals surface area contributed by atoms with Crippen molar-refractivity contribution in [3.63, 3.8) is 0 Å². The first-order valence-corrected chi connectivity index (χ1v) is 8.80. The Morgan fingerprint density at radius 2 is 1.85 bits per heavy atom. The number of amides is 1. The van der Waals surface area contributed by atoms with Gasteiger partial charge in [-0.05, 0) is 42.3 Å². The third-order valence-electron chi connectivity index (χ3n) is 4.13. The SMILES string of the molecule is COc1ccc(CNc2ccc(NC(=O)Cc3cccc(C)c3)cn2)cc1. The van der Waals surface area contributed by atoms with E-state index in [9.17, 15) is 4.79 Å². The van der Waals surface area contributed by atoms with Gasteiger partial charge in [0.2, 0.25) is 5.91 Å². The summed E-state index contributed by atoms with van der Waals surface area (Å²) in [5, 5.41) is 6.14. The first kappa shape index (κ1) is 18.5. The van der Waals surface area contributed by atoms with Crippen LogP contribution >= 0.6 is 0 Å². The van der Waals surface area contributed by atoms with Crippen LogP contribution in [0.25, 0.3) is 0 Å². The standard InChI is InChI=1S/C22H23N3O2/c1-16-4-3-5-18(12-16)13-22(26)25-19-8-11-21(24-15-19)23-14-17-6-9-20(27-2)10-7-17/h3-12,15H,13-14H2,1-2H3,(H,23,24)(H,25,26). The number of aromatic nitrogens is 1. The molecule has 0 saturated carbocycles. The van der Waals surface area contributed by atoms with Gasteiger partial charge < -0.3 is 15.4 Å². The van der Waals surface area contributed by atoms with E-state index in [1.54, 1.807) is 13.3 Å². The predicted molar refractivity (Wildman–Crippen MR) is 108 cm³/mol. The second-order valence-corrected chi connectivity index (χ2v) is 6.35. The van der Waals surface area contributed by atoms with E-state index in [0.717, 1.165) is 28.3 Å². The van der Waals surface area contributed by atoms with Crippen LogP contribution in [-0.2, 0) is 17.8 Å². The van der Waals surface area contributed by atoms with Crippen LogP contribution in [-0.4, -0.2) is 18.0 Å². The molecule has 0 bridgehead atoms. The van der Waals surface area contributed by atoms with E-state index >= 15 is 0 Å². The molecule has 2 aromatic carbocycles. The summed E-state index contributed by atoms with van der Waals surface area (Å²) >= 11 is 0. The molecule has 5 nitrogen and oxygen atoms in total. The Balaban J connectivity index is 1.51. The van der Waals surface area contributed by atoms with Crippen LogP contribution in [0.5, 0.6) is 5.75 Å². The molecular formula is C22H23N3O2. The molecule has 0 spiro atoms. The first-order valence-electron chi connectivity index (χ1n) is 8.80. The number of anilines is 2. The molecular weight excluding hydrogens is 338 g/mol. The van der Waals surface area contributed by atoms with Crippen molar-refractivity contribution in [1.82, 2.24) is 4.98 Å². The number of hydrogen-bond acceptors (Lipinski definition) is 4. The Kier molecular flexibility index (Phi) is 6.05. The van der Waals surface area contributed by atoms with Gasteiger partial charge in [-0.1, -0.05) is 42.0 Å². The number of pyridine rings is 1. The Morgan fingerprint density at radius 3 is 2.52 bits per heavy atom. The molecule has 5 heteroatoms. The fourth-order valence-electron chi connectivity index (χ4n) is 2.72. The van der Waals surface area contributed by atoms with Gasteiger partial charge in [0.1, 0.15) is 11.6 Å². The molecule has 1 heterocycles. The summed E-state index contributed by atoms with van der Waals surface area (Å²) in [6.07, 6.45) is 2.00. The van der Waals surface area contributed by atoms with Crippen molar-refractivity contribution in [3.05, 3.63) is 83.6 Å². The maximum Gasteiger partial charge on any atom is 0.228 e. The van der Waals surface area contributed by atoms with E-state index in [0.29, 0.717) is 18.7 Å². The zero-order chi connectivity index (χ0) is 19.1. The molecule has 0 fully saturated rings. The normalized spacial score (nSPS) is 10.3. The molecule has 0 saturated heterocycles. The molecule has 1 aromatic heterocycles. The van der Waals surface area contributed by atoms with Gasteiger partial charge in [0.25, 0.3) is 0 Å². The lowest BCUT2D eigenvalue weighted by molar-refractivity contribution is -0.115. The number of ether oxygens (including phenoxy) is 1. The molecule has 27 heavy (non-hydrogen) atoms. The third-order valence-corrected chi connectivity index (χ3v) is 4.13. The van der Waals surface area contributed by atoms with E-state index in [1.165, 1.54) is 0 Å². The van der Waals surface area contributed by atoms with Crippen molar-refractivity contribution >= 4 is 17.4 Å². The molecule has 0 aliphatic rings. The largest absolute Gasteiger partial charge is 0.497 e. The van der Waals surface area contributed by atoms with Crippen LogP contribution in [0.1, 0.15) is 16.7 Å². The average molecular weight is 361 g/mol. The van der Waals surface area contributed by atoms with Crippen LogP contribution in [0, 0.1) is 6.92 Å². The number of rotatable bonds is 7. The minimum Gasteiger partial charge on any atom is -0.497 e. The fraction of sp³-hybridized carbons (Fsp3) is 0.182. The number of carbonyl (C=O) groups excluding carboxylic acids is 1. The number of methoxy groups -OCH3 is 1. The zero-order valence-corrected chi connectivity index (χ0v) is 15.5. The minimum atomic E-state index is -0.0543. The summed E-state index contributed by atoms with van der Waals surface area (Å²) in [6, 6.07) is 19.5. The topological polar surface area (TPSA) is 63.2 Å². The predicted octanol–water partition coefficient (Wildman–Crippen LogP) is 4.19. The van der Waals surface area contributed by atoms with E-state index < -0.39 is 0 Å². The molecule has 138 valence electrons. The van der Waals surface area contributed by atoms with Crippen molar-refractivity contribution < 1.29 is 9.53 Å². The van der Waals surface area contributed by atoms with Crippen molar-refractivity contribution in [1.29, 1.82) is 0 Å². The smallest absolute Gasteiger partial charge is 0.228 e. The molecule has 0 unspecified atom stereocenters. The van der Waals surface area contributed by atoms with Gasteiger partial charge in [0.05, 0.1) is 25.4 Å². The highest BCUT2D eigenvalue weighted by atomic mass is 16.5. The Morgan fingerprint density at radius 1 is 1.04 bits per heavy atom. The fourth-order valence-corrected chi connectivity index (χ4v) is 2.72. The molecule has 0 atom stereocenters. The highest BCUT2D eigenvalue weighted by Crippen LogP contribution is 2.14. The molecule has 1 amide bonds. The zero-order valence-electron chi connectivity index (χ0n) is 15.5. The summed E-state index contributed by atoms with van der Waals surface area (Å²) < 4.78 is 5.15. The highest BCUT2D eigenvalue weighted by molar-refractivity contribution is 5.92. The Hall–Kier alpha value is -3.34. The summed E-state index contributed by atoms with van der Waals surface area (Å²) in [7, 11) is 1.65. The highest BCUT2D eigenvalue weighted by Gasteiger charge is 2.05. The van der Waals surface area contributed by atoms with Crippen molar-refractivity contribution in [3.8, 4) is 5.75 Å². The van der Waals surface area contributed by atoms with Gasteiger partial charge in [-0.3, -0.25) is 4.79 Å². The average Bonchev–Trinajstić information content (AvgIpc) is 2.68. The summed E-state index contributed by atoms with van der Waals surface area (Å²) in [6.45, 7) is 2.68. The summed E-state index contributed by atoms with van der Waals surface area (Å²) in [5.41, 5.74) is 3.96. The van der Waals surface area contributed by atoms with Crippen LogP contribution < -0.4 is 15.4 Å². The van der Waals surface area contributed by atoms with Crippen LogP contribution in [0.3, 0.4) is 0 Å². The third kappa shape index (κ3) is 5.57. The van der Waals surface area contributed by atoms with Gasteiger partial charge in [0.15, 0.2) is 0 Å². The number of hydrogen-bond donors (Lipinski definition) is 2. The molecule has 0 aliphatic carbocycles. The first-order chi connectivity index (χ1) is 13.1. The van der Waals surface area contributed by atoms with Crippen molar-refractivity contribution in [2.24, 2.45) is 0 Å². The van der Waals surface area contributed by atoms with Gasteiger partial charge >= 0.3 is 0 Å². The van der Waals surface area contributed by atoms with Crippen molar-refractivity contribution in [2.45, 2.75) is 19.9 Å². The Bertz CT molecular complexity index is 890. The Labute approximate surface area is 159 Å². The molecule has 0 radical (unpaired) electrons. The minimum absolute atomic E-state index is 0.0543. The van der Waals surface area contributed by atoms with E-state index in [4.69, 9.17) is 4.74 Å². The van der Waals surface area contributed by atoms with Crippen LogP contribution in [0.2, 0.25) is 0 Å². The van der Waals surface area contributed by atoms with Gasteiger partial charge in [-0.15, -0.1) is 0 Å². The maximum absolute atomic E-state index is 12.2. The quantitative estimate of drug-likeness (QED) is 0.662. The van der Waals surface area contributed by atoms with Gasteiger partial charge in [-0.2, -0.15) is 0 Å². The number of nitrogens with zero attached hydrogens (tertiary/aromatic N) is 1. The van der Waals surface area contributed by atoms with E-state index in [1.807, 2.05) is 67.6 Å². The number of carbonyl (C=O) groups is 1. The number of benzene rings is 2. The molecule has 3 aromatic rings. The molecule has 0 aliphatic heterocycles. The number of nitrogens with one attached hydrogen (secondary N) is 2. The second kappa shape index (κ2) is 8.85. The lowest BCUT2D eigenvalue weighted by Crippen LogP contribution is -2.14. The summed E-state index contributed by atoms with van der Waals surface area (Å²) in [4.78, 5) is 16.5. The summed E-state index contributed by atoms with van der Waals surface area (Å²) in [5.74, 6) is 1.53. The lowest BCUT2D eigenvalue weighted by atomic mass is 10.1. The second-order valence-electron chi connectivity index (χ2n) is 6.35. The van der Waals surface area contributed by atoms with Crippen LogP contribution in [0.15, 0.2) is 66.9 Å². The van der Waals surface area contributed by atoms with Crippen molar-refractivity contribution in [2.75, 3.05) is 17.7 Å².